The van der Waals surface area contributed by atoms with E-state index >= 15 is 0 Å². The zero-order chi connectivity index (χ0) is 19.9. The number of esters is 1. The Morgan fingerprint density at radius 3 is 2.18 bits per heavy atom. The normalized spacial score (nSPS) is 10.4. The number of amides is 1. The Morgan fingerprint density at radius 2 is 1.46 bits per heavy atom. The van der Waals surface area contributed by atoms with Crippen molar-refractivity contribution in [2.75, 3.05) is 11.9 Å². The van der Waals surface area contributed by atoms with Gasteiger partial charge in [0.1, 0.15) is 0 Å². The SMILES string of the molecule is O=C(COC(=O)Cc1c(Cl)cccc1Cl)Nc1ccccc1-c1ccccc1. The average Bonchev–Trinajstić information content (AvgIpc) is 2.70. The number of hydrogen-bond donors (Lipinski definition) is 1. The van der Waals surface area contributed by atoms with Crippen LogP contribution in [0.1, 0.15) is 5.56 Å². The molecule has 3 rings (SSSR count). The van der Waals surface area contributed by atoms with Crippen molar-refractivity contribution in [3.63, 3.8) is 0 Å². The van der Waals surface area contributed by atoms with Crippen LogP contribution in [-0.4, -0.2) is 18.5 Å². The number of halogens is 2. The molecular weight excluding hydrogens is 397 g/mol. The molecule has 0 aliphatic rings. The highest BCUT2D eigenvalue weighted by Gasteiger charge is 2.14. The smallest absolute Gasteiger partial charge is 0.310 e. The van der Waals surface area contributed by atoms with E-state index in [1.165, 1.54) is 0 Å². The Kier molecular flexibility index (Phi) is 6.69. The molecule has 0 unspecified atom stereocenters. The second-order valence-electron chi connectivity index (χ2n) is 6.00. The lowest BCUT2D eigenvalue weighted by atomic mass is 10.0. The van der Waals surface area contributed by atoms with Crippen LogP contribution in [0.2, 0.25) is 10.0 Å². The molecule has 0 aliphatic heterocycles. The van der Waals surface area contributed by atoms with E-state index in [1.54, 1.807) is 24.3 Å². The zero-order valence-corrected chi connectivity index (χ0v) is 16.3. The zero-order valence-electron chi connectivity index (χ0n) is 14.8. The number of benzene rings is 3. The lowest BCUT2D eigenvalue weighted by Crippen LogP contribution is -2.22. The van der Waals surface area contributed by atoms with Gasteiger partial charge >= 0.3 is 5.97 Å². The molecule has 3 aromatic rings. The second kappa shape index (κ2) is 9.40. The van der Waals surface area contributed by atoms with E-state index in [4.69, 9.17) is 27.9 Å². The van der Waals surface area contributed by atoms with Crippen molar-refractivity contribution in [1.82, 2.24) is 0 Å². The molecule has 0 spiro atoms. The maximum Gasteiger partial charge on any atom is 0.310 e. The molecule has 4 nitrogen and oxygen atoms in total. The molecule has 1 amide bonds. The van der Waals surface area contributed by atoms with Crippen molar-refractivity contribution < 1.29 is 14.3 Å². The van der Waals surface area contributed by atoms with Crippen LogP contribution in [0.25, 0.3) is 11.1 Å². The van der Waals surface area contributed by atoms with Gasteiger partial charge in [0.15, 0.2) is 6.61 Å². The summed E-state index contributed by atoms with van der Waals surface area (Å²) in [6, 6.07) is 22.1. The van der Waals surface area contributed by atoms with E-state index in [9.17, 15) is 9.59 Å². The van der Waals surface area contributed by atoms with Crippen molar-refractivity contribution in [2.45, 2.75) is 6.42 Å². The highest BCUT2D eigenvalue weighted by molar-refractivity contribution is 6.36. The average molecular weight is 414 g/mol. The summed E-state index contributed by atoms with van der Waals surface area (Å²) in [6.07, 6.45) is -0.105. The highest BCUT2D eigenvalue weighted by atomic mass is 35.5. The minimum atomic E-state index is -0.582. The minimum absolute atomic E-state index is 0.105. The maximum atomic E-state index is 12.2. The van der Waals surface area contributed by atoms with Crippen LogP contribution in [-0.2, 0) is 20.7 Å². The molecule has 0 aromatic heterocycles. The molecule has 28 heavy (non-hydrogen) atoms. The second-order valence-corrected chi connectivity index (χ2v) is 6.81. The predicted octanol–water partition coefficient (Wildman–Crippen LogP) is 5.38. The van der Waals surface area contributed by atoms with Crippen molar-refractivity contribution >= 4 is 40.8 Å². The summed E-state index contributed by atoms with van der Waals surface area (Å²) < 4.78 is 5.07. The lowest BCUT2D eigenvalue weighted by molar-refractivity contribution is -0.146. The summed E-state index contributed by atoms with van der Waals surface area (Å²) in [5.74, 6) is -1.01. The Labute approximate surface area is 173 Å². The van der Waals surface area contributed by atoms with Crippen LogP contribution < -0.4 is 5.32 Å². The van der Waals surface area contributed by atoms with Crippen LogP contribution >= 0.6 is 23.2 Å². The molecule has 6 heteroatoms. The fourth-order valence-corrected chi connectivity index (χ4v) is 3.22. The van der Waals surface area contributed by atoms with Crippen LogP contribution in [0, 0.1) is 0 Å². The van der Waals surface area contributed by atoms with Gasteiger partial charge in [0.05, 0.1) is 6.42 Å². The Hall–Kier alpha value is -2.82. The summed E-state index contributed by atoms with van der Waals surface area (Å²) in [4.78, 5) is 24.3. The van der Waals surface area contributed by atoms with Crippen LogP contribution in [0.3, 0.4) is 0 Å². The molecule has 0 saturated heterocycles. The Morgan fingerprint density at radius 1 is 0.821 bits per heavy atom. The highest BCUT2D eigenvalue weighted by Crippen LogP contribution is 2.27. The molecule has 0 atom stereocenters. The van der Waals surface area contributed by atoms with Gasteiger partial charge in [-0.3, -0.25) is 9.59 Å². The molecule has 0 aliphatic carbocycles. The molecule has 0 fully saturated rings. The fraction of sp³-hybridized carbons (Fsp3) is 0.0909. The van der Waals surface area contributed by atoms with E-state index < -0.39 is 18.5 Å². The first-order valence-corrected chi connectivity index (χ1v) is 9.33. The standard InChI is InChI=1S/C22H17Cl2NO3/c23-18-10-6-11-19(24)17(18)13-22(27)28-14-21(26)25-20-12-5-4-9-16(20)15-7-2-1-3-8-15/h1-12H,13-14H2,(H,25,26). The topological polar surface area (TPSA) is 55.4 Å². The van der Waals surface area contributed by atoms with Gasteiger partial charge in [-0.2, -0.15) is 0 Å². The third-order valence-corrected chi connectivity index (χ3v) is 4.74. The van der Waals surface area contributed by atoms with Crippen molar-refractivity contribution in [3.05, 3.63) is 88.4 Å². The van der Waals surface area contributed by atoms with E-state index in [1.807, 2.05) is 48.5 Å². The molecule has 1 N–H and O–H groups in total. The van der Waals surface area contributed by atoms with Crippen LogP contribution in [0.15, 0.2) is 72.8 Å². The first-order valence-electron chi connectivity index (χ1n) is 8.57. The molecule has 142 valence electrons. The number of carbonyl (C=O) groups excluding carboxylic acids is 2. The van der Waals surface area contributed by atoms with Gasteiger partial charge in [-0.15, -0.1) is 0 Å². The quantitative estimate of drug-likeness (QED) is 0.551. The molecule has 0 saturated carbocycles. The predicted molar refractivity (Wildman–Crippen MR) is 112 cm³/mol. The first-order chi connectivity index (χ1) is 13.5. The van der Waals surface area contributed by atoms with Crippen molar-refractivity contribution in [1.29, 1.82) is 0 Å². The molecule has 0 radical (unpaired) electrons. The molecule has 0 heterocycles. The number of ether oxygens (including phenoxy) is 1. The third-order valence-electron chi connectivity index (χ3n) is 4.03. The van der Waals surface area contributed by atoms with E-state index in [-0.39, 0.29) is 6.42 Å². The maximum absolute atomic E-state index is 12.2. The summed E-state index contributed by atoms with van der Waals surface area (Å²) in [5, 5.41) is 3.54. The Bertz CT molecular complexity index is 970. The van der Waals surface area contributed by atoms with Crippen LogP contribution in [0.4, 0.5) is 5.69 Å². The summed E-state index contributed by atoms with van der Waals surface area (Å²) in [5.41, 5.74) is 2.98. The molecular formula is C22H17Cl2NO3. The lowest BCUT2D eigenvalue weighted by Gasteiger charge is -2.12. The van der Waals surface area contributed by atoms with Gasteiger partial charge in [-0.05, 0) is 23.8 Å². The largest absolute Gasteiger partial charge is 0.455 e. The summed E-state index contributed by atoms with van der Waals surface area (Å²) in [6.45, 7) is -0.399. The minimum Gasteiger partial charge on any atom is -0.455 e. The van der Waals surface area contributed by atoms with Crippen molar-refractivity contribution in [2.24, 2.45) is 0 Å². The van der Waals surface area contributed by atoms with Gasteiger partial charge < -0.3 is 10.1 Å². The number of para-hydroxylation sites is 1. The van der Waals surface area contributed by atoms with E-state index in [0.717, 1.165) is 11.1 Å². The van der Waals surface area contributed by atoms with Crippen LogP contribution in [0.5, 0.6) is 0 Å². The van der Waals surface area contributed by atoms with Gasteiger partial charge in [0, 0.05) is 26.9 Å². The van der Waals surface area contributed by atoms with Gasteiger partial charge in [-0.25, -0.2) is 0 Å². The monoisotopic (exact) mass is 413 g/mol. The fourth-order valence-electron chi connectivity index (χ4n) is 2.69. The number of rotatable bonds is 6. The van der Waals surface area contributed by atoms with E-state index in [0.29, 0.717) is 21.3 Å². The first kappa shape index (κ1) is 19.9. The van der Waals surface area contributed by atoms with Gasteiger partial charge in [-0.1, -0.05) is 77.8 Å². The number of hydrogen-bond acceptors (Lipinski definition) is 3. The van der Waals surface area contributed by atoms with Gasteiger partial charge in [0.25, 0.3) is 5.91 Å². The van der Waals surface area contributed by atoms with Crippen molar-refractivity contribution in [3.8, 4) is 11.1 Å². The summed E-state index contributed by atoms with van der Waals surface area (Å²) >= 11 is 12.1. The number of carbonyl (C=O) groups is 2. The molecule has 0 bridgehead atoms. The number of anilines is 1. The third kappa shape index (κ3) is 5.12. The van der Waals surface area contributed by atoms with E-state index in [2.05, 4.69) is 5.32 Å². The summed E-state index contributed by atoms with van der Waals surface area (Å²) in [7, 11) is 0. The van der Waals surface area contributed by atoms with Gasteiger partial charge in [0.2, 0.25) is 0 Å². The number of nitrogens with one attached hydrogen (secondary N) is 1. The molecule has 3 aromatic carbocycles. The Balaban J connectivity index is 1.60.